The standard InChI is InChI=1S/C21H33ClN4O2/c1-15(2)20(26-11-9-25(4)10-12-26)14-23-21(28)13-19(24-16(3)27)17-5-7-18(22)8-6-17/h5-8,15,19-20H,9-14H2,1-4H3,(H,23,28)(H,24,27). The third-order valence-corrected chi connectivity index (χ3v) is 5.58. The Balaban J connectivity index is 1.94. The second kappa shape index (κ2) is 10.8. The zero-order valence-electron chi connectivity index (χ0n) is 17.4. The Morgan fingerprint density at radius 3 is 2.25 bits per heavy atom. The van der Waals surface area contributed by atoms with Gasteiger partial charge in [0.2, 0.25) is 11.8 Å². The molecule has 2 rings (SSSR count). The molecule has 1 heterocycles. The Morgan fingerprint density at radius 1 is 1.11 bits per heavy atom. The fourth-order valence-corrected chi connectivity index (χ4v) is 3.73. The van der Waals surface area contributed by atoms with Gasteiger partial charge in [0.15, 0.2) is 0 Å². The van der Waals surface area contributed by atoms with Gasteiger partial charge in [0.1, 0.15) is 0 Å². The predicted molar refractivity (Wildman–Crippen MR) is 113 cm³/mol. The maximum absolute atomic E-state index is 12.6. The lowest BCUT2D eigenvalue weighted by Gasteiger charge is -2.40. The number of hydrogen-bond acceptors (Lipinski definition) is 4. The minimum atomic E-state index is -0.365. The van der Waals surface area contributed by atoms with Gasteiger partial charge in [-0.05, 0) is 30.7 Å². The molecule has 7 heteroatoms. The molecule has 0 spiro atoms. The maximum atomic E-state index is 12.6. The van der Waals surface area contributed by atoms with Gasteiger partial charge in [-0.15, -0.1) is 0 Å². The maximum Gasteiger partial charge on any atom is 0.222 e. The molecule has 2 N–H and O–H groups in total. The van der Waals surface area contributed by atoms with Crippen LogP contribution in [0.5, 0.6) is 0 Å². The van der Waals surface area contributed by atoms with Crippen LogP contribution >= 0.6 is 11.6 Å². The van der Waals surface area contributed by atoms with E-state index in [4.69, 9.17) is 11.6 Å². The Bertz CT molecular complexity index is 642. The Kier molecular flexibility index (Phi) is 8.73. The van der Waals surface area contributed by atoms with Crippen LogP contribution in [-0.2, 0) is 9.59 Å². The topological polar surface area (TPSA) is 64.7 Å². The Morgan fingerprint density at radius 2 is 1.71 bits per heavy atom. The van der Waals surface area contributed by atoms with Crippen molar-refractivity contribution in [3.05, 3.63) is 34.9 Å². The number of nitrogens with zero attached hydrogens (tertiary/aromatic N) is 2. The molecule has 1 fully saturated rings. The number of piperazine rings is 1. The predicted octanol–water partition coefficient (Wildman–Crippen LogP) is 2.30. The summed E-state index contributed by atoms with van der Waals surface area (Å²) in [7, 11) is 2.14. The van der Waals surface area contributed by atoms with Crippen molar-refractivity contribution in [2.24, 2.45) is 5.92 Å². The number of hydrogen-bond donors (Lipinski definition) is 2. The molecule has 0 aromatic heterocycles. The van der Waals surface area contributed by atoms with E-state index in [1.54, 1.807) is 12.1 Å². The highest BCUT2D eigenvalue weighted by molar-refractivity contribution is 6.30. The summed E-state index contributed by atoms with van der Waals surface area (Å²) in [4.78, 5) is 29.0. The molecular weight excluding hydrogens is 376 g/mol. The fourth-order valence-electron chi connectivity index (χ4n) is 3.61. The van der Waals surface area contributed by atoms with Gasteiger partial charge in [-0.1, -0.05) is 37.6 Å². The minimum Gasteiger partial charge on any atom is -0.354 e. The SMILES string of the molecule is CC(=O)NC(CC(=O)NCC(C(C)C)N1CCN(C)CC1)c1ccc(Cl)cc1. The van der Waals surface area contributed by atoms with E-state index in [0.29, 0.717) is 23.5 Å². The molecule has 1 aliphatic rings. The van der Waals surface area contributed by atoms with Crippen LogP contribution in [0.3, 0.4) is 0 Å². The molecule has 1 aliphatic heterocycles. The van der Waals surface area contributed by atoms with Crippen molar-refractivity contribution in [3.63, 3.8) is 0 Å². The average Bonchev–Trinajstić information content (AvgIpc) is 2.63. The van der Waals surface area contributed by atoms with Crippen molar-refractivity contribution in [1.82, 2.24) is 20.4 Å². The zero-order valence-corrected chi connectivity index (χ0v) is 18.1. The molecule has 156 valence electrons. The lowest BCUT2D eigenvalue weighted by atomic mass is 10.0. The average molecular weight is 409 g/mol. The molecule has 2 unspecified atom stereocenters. The lowest BCUT2D eigenvalue weighted by molar-refractivity contribution is -0.123. The van der Waals surface area contributed by atoms with E-state index in [1.165, 1.54) is 6.92 Å². The van der Waals surface area contributed by atoms with Crippen molar-refractivity contribution >= 4 is 23.4 Å². The van der Waals surface area contributed by atoms with Crippen molar-refractivity contribution in [3.8, 4) is 0 Å². The van der Waals surface area contributed by atoms with E-state index in [9.17, 15) is 9.59 Å². The van der Waals surface area contributed by atoms with E-state index in [0.717, 1.165) is 31.7 Å². The van der Waals surface area contributed by atoms with Gasteiger partial charge >= 0.3 is 0 Å². The van der Waals surface area contributed by atoms with Crippen LogP contribution in [0.2, 0.25) is 5.02 Å². The first-order valence-electron chi connectivity index (χ1n) is 9.98. The van der Waals surface area contributed by atoms with Crippen molar-refractivity contribution in [2.75, 3.05) is 39.8 Å². The van der Waals surface area contributed by atoms with E-state index in [2.05, 4.69) is 41.3 Å². The second-order valence-electron chi connectivity index (χ2n) is 7.96. The van der Waals surface area contributed by atoms with Gasteiger partial charge < -0.3 is 15.5 Å². The van der Waals surface area contributed by atoms with Crippen molar-refractivity contribution in [2.45, 2.75) is 39.3 Å². The van der Waals surface area contributed by atoms with Crippen LogP contribution in [0.1, 0.15) is 38.8 Å². The molecule has 1 aromatic rings. The number of halogens is 1. The summed E-state index contributed by atoms with van der Waals surface area (Å²) in [6.45, 7) is 10.6. The molecule has 1 saturated heterocycles. The van der Waals surface area contributed by atoms with Gasteiger partial charge in [-0.2, -0.15) is 0 Å². The molecule has 0 aliphatic carbocycles. The van der Waals surface area contributed by atoms with E-state index >= 15 is 0 Å². The molecular formula is C21H33ClN4O2. The van der Waals surface area contributed by atoms with Crippen LogP contribution in [0.4, 0.5) is 0 Å². The molecule has 2 amide bonds. The van der Waals surface area contributed by atoms with Gasteiger partial charge in [-0.25, -0.2) is 0 Å². The smallest absolute Gasteiger partial charge is 0.222 e. The second-order valence-corrected chi connectivity index (χ2v) is 8.40. The van der Waals surface area contributed by atoms with Crippen LogP contribution in [0.15, 0.2) is 24.3 Å². The first-order chi connectivity index (χ1) is 13.3. The molecule has 0 radical (unpaired) electrons. The first kappa shape index (κ1) is 22.7. The highest BCUT2D eigenvalue weighted by Gasteiger charge is 2.26. The summed E-state index contributed by atoms with van der Waals surface area (Å²) in [5.41, 5.74) is 0.870. The molecule has 28 heavy (non-hydrogen) atoms. The molecule has 2 atom stereocenters. The third kappa shape index (κ3) is 7.08. The summed E-state index contributed by atoms with van der Waals surface area (Å²) in [5.74, 6) is 0.227. The van der Waals surface area contributed by atoms with E-state index in [1.807, 2.05) is 12.1 Å². The summed E-state index contributed by atoms with van der Waals surface area (Å²) in [5, 5.41) is 6.58. The number of carbonyl (C=O) groups excluding carboxylic acids is 2. The van der Waals surface area contributed by atoms with Crippen LogP contribution in [-0.4, -0.2) is 67.4 Å². The monoisotopic (exact) mass is 408 g/mol. The summed E-state index contributed by atoms with van der Waals surface area (Å²) in [6, 6.07) is 7.18. The van der Waals surface area contributed by atoms with Crippen LogP contribution in [0, 0.1) is 5.92 Å². The van der Waals surface area contributed by atoms with Crippen molar-refractivity contribution < 1.29 is 9.59 Å². The highest BCUT2D eigenvalue weighted by atomic mass is 35.5. The summed E-state index contributed by atoms with van der Waals surface area (Å²) < 4.78 is 0. The molecule has 1 aromatic carbocycles. The number of carbonyl (C=O) groups is 2. The van der Waals surface area contributed by atoms with Gasteiger partial charge in [-0.3, -0.25) is 14.5 Å². The third-order valence-electron chi connectivity index (χ3n) is 5.32. The number of nitrogens with one attached hydrogen (secondary N) is 2. The molecule has 0 saturated carbocycles. The number of rotatable bonds is 8. The van der Waals surface area contributed by atoms with E-state index in [-0.39, 0.29) is 24.3 Å². The minimum absolute atomic E-state index is 0.0616. The summed E-state index contributed by atoms with van der Waals surface area (Å²) >= 11 is 5.95. The highest BCUT2D eigenvalue weighted by Crippen LogP contribution is 2.20. The zero-order chi connectivity index (χ0) is 20.7. The Labute approximate surface area is 173 Å². The van der Waals surface area contributed by atoms with Gasteiger partial charge in [0.25, 0.3) is 0 Å². The van der Waals surface area contributed by atoms with Gasteiger partial charge in [0.05, 0.1) is 12.5 Å². The molecule has 6 nitrogen and oxygen atoms in total. The first-order valence-corrected chi connectivity index (χ1v) is 10.4. The number of benzene rings is 1. The Hall–Kier alpha value is -1.63. The quantitative estimate of drug-likeness (QED) is 0.692. The van der Waals surface area contributed by atoms with Crippen LogP contribution < -0.4 is 10.6 Å². The fraction of sp³-hybridized carbons (Fsp3) is 0.619. The van der Waals surface area contributed by atoms with Gasteiger partial charge in [0, 0.05) is 50.7 Å². The number of likely N-dealkylation sites (N-methyl/N-ethyl adjacent to an activating group) is 1. The molecule has 0 bridgehead atoms. The number of amides is 2. The van der Waals surface area contributed by atoms with E-state index < -0.39 is 0 Å². The van der Waals surface area contributed by atoms with Crippen molar-refractivity contribution in [1.29, 1.82) is 0 Å². The summed E-state index contributed by atoms with van der Waals surface area (Å²) in [6.07, 6.45) is 0.203. The lowest BCUT2D eigenvalue weighted by Crippen LogP contribution is -2.54. The largest absolute Gasteiger partial charge is 0.354 e. The normalized spacial score (nSPS) is 17.9. The van der Waals surface area contributed by atoms with Crippen LogP contribution in [0.25, 0.3) is 0 Å².